The number of hydrogen-bond acceptors (Lipinski definition) is 4. The molecule has 0 saturated carbocycles. The molecule has 0 aliphatic heterocycles. The van der Waals surface area contributed by atoms with E-state index in [1.165, 1.54) is 13.8 Å². The van der Waals surface area contributed by atoms with Gasteiger partial charge in [-0.3, -0.25) is 14.4 Å². The first-order valence-electron chi connectivity index (χ1n) is 4.77. The SMILES string of the molecule is CC(=O)NCC(=O)OC(C)(C)C.CC(N)=O. The van der Waals surface area contributed by atoms with Gasteiger partial charge in [0.05, 0.1) is 0 Å². The predicted octanol–water partition coefficient (Wildman–Crippen LogP) is -0.0442. The molecule has 0 unspecified atom stereocenters. The van der Waals surface area contributed by atoms with E-state index < -0.39 is 11.6 Å². The van der Waals surface area contributed by atoms with E-state index in [0.717, 1.165) is 0 Å². The first kappa shape index (κ1) is 16.8. The molecule has 0 rings (SSSR count). The highest BCUT2D eigenvalue weighted by Crippen LogP contribution is 2.05. The number of carbonyl (C=O) groups is 3. The lowest BCUT2D eigenvalue weighted by molar-refractivity contribution is -0.154. The van der Waals surface area contributed by atoms with E-state index >= 15 is 0 Å². The van der Waals surface area contributed by atoms with Gasteiger partial charge in [-0.25, -0.2) is 0 Å². The Kier molecular flexibility index (Phi) is 8.07. The number of nitrogens with two attached hydrogens (primary N) is 1. The Morgan fingerprint density at radius 3 is 1.81 bits per heavy atom. The first-order chi connectivity index (χ1) is 7.04. The van der Waals surface area contributed by atoms with Crippen molar-refractivity contribution in [2.75, 3.05) is 6.54 Å². The molecule has 0 aliphatic rings. The molecule has 94 valence electrons. The second-order valence-corrected chi connectivity index (χ2v) is 4.11. The van der Waals surface area contributed by atoms with Crippen molar-refractivity contribution in [3.63, 3.8) is 0 Å². The Balaban J connectivity index is 0. The van der Waals surface area contributed by atoms with Gasteiger partial charge < -0.3 is 15.8 Å². The number of hydrogen-bond donors (Lipinski definition) is 2. The molecule has 0 aromatic carbocycles. The summed E-state index contributed by atoms with van der Waals surface area (Å²) in [6.45, 7) is 7.92. The molecule has 16 heavy (non-hydrogen) atoms. The minimum absolute atomic E-state index is 0.0629. The van der Waals surface area contributed by atoms with E-state index in [2.05, 4.69) is 11.1 Å². The minimum atomic E-state index is -0.491. The topological polar surface area (TPSA) is 98.5 Å². The number of esters is 1. The van der Waals surface area contributed by atoms with E-state index in [9.17, 15) is 14.4 Å². The molecular weight excluding hydrogens is 212 g/mol. The van der Waals surface area contributed by atoms with Crippen molar-refractivity contribution in [2.45, 2.75) is 40.2 Å². The van der Waals surface area contributed by atoms with Crippen LogP contribution in [0, 0.1) is 0 Å². The van der Waals surface area contributed by atoms with Crippen molar-refractivity contribution in [1.82, 2.24) is 5.32 Å². The lowest BCUT2D eigenvalue weighted by Gasteiger charge is -2.19. The van der Waals surface area contributed by atoms with Gasteiger partial charge in [-0.2, -0.15) is 0 Å². The Hall–Kier alpha value is -1.59. The maximum atomic E-state index is 10.9. The van der Waals surface area contributed by atoms with Gasteiger partial charge in [0.2, 0.25) is 11.8 Å². The lowest BCUT2D eigenvalue weighted by Crippen LogP contribution is -2.33. The first-order valence-corrected chi connectivity index (χ1v) is 4.77. The zero-order valence-electron chi connectivity index (χ0n) is 10.4. The molecular formula is C10H20N2O4. The van der Waals surface area contributed by atoms with Gasteiger partial charge >= 0.3 is 5.97 Å². The number of carbonyl (C=O) groups excluding carboxylic acids is 3. The van der Waals surface area contributed by atoms with Crippen LogP contribution in [0.1, 0.15) is 34.6 Å². The average molecular weight is 232 g/mol. The van der Waals surface area contributed by atoms with E-state index in [4.69, 9.17) is 4.74 Å². The Morgan fingerprint density at radius 2 is 1.56 bits per heavy atom. The van der Waals surface area contributed by atoms with Crippen LogP contribution in [0.5, 0.6) is 0 Å². The summed E-state index contributed by atoms with van der Waals surface area (Å²) in [4.78, 5) is 30.5. The Bertz CT molecular complexity index is 252. The second-order valence-electron chi connectivity index (χ2n) is 4.11. The van der Waals surface area contributed by atoms with Crippen LogP contribution in [0.15, 0.2) is 0 Å². The van der Waals surface area contributed by atoms with Crippen molar-refractivity contribution < 1.29 is 19.1 Å². The molecule has 6 nitrogen and oxygen atoms in total. The summed E-state index contributed by atoms with van der Waals surface area (Å²) in [5.74, 6) is -0.987. The summed E-state index contributed by atoms with van der Waals surface area (Å²) >= 11 is 0. The summed E-state index contributed by atoms with van der Waals surface area (Å²) in [5.41, 5.74) is 3.98. The molecule has 6 heteroatoms. The highest BCUT2D eigenvalue weighted by molar-refractivity contribution is 5.80. The number of amides is 2. The highest BCUT2D eigenvalue weighted by atomic mass is 16.6. The van der Waals surface area contributed by atoms with E-state index in [1.54, 1.807) is 20.8 Å². The molecule has 0 aliphatic carbocycles. The van der Waals surface area contributed by atoms with Gasteiger partial charge in [0, 0.05) is 13.8 Å². The van der Waals surface area contributed by atoms with Crippen LogP contribution in [0.25, 0.3) is 0 Å². The maximum Gasteiger partial charge on any atom is 0.325 e. The van der Waals surface area contributed by atoms with Crippen molar-refractivity contribution in [3.05, 3.63) is 0 Å². The van der Waals surface area contributed by atoms with Gasteiger partial charge in [0.1, 0.15) is 12.1 Å². The van der Waals surface area contributed by atoms with Crippen LogP contribution in [0.3, 0.4) is 0 Å². The summed E-state index contributed by atoms with van der Waals surface area (Å²) in [6.07, 6.45) is 0. The zero-order chi connectivity index (χ0) is 13.4. The number of nitrogens with one attached hydrogen (secondary N) is 1. The standard InChI is InChI=1S/C8H15NO3.C2H5NO/c1-6(10)9-5-7(11)12-8(2,3)4;1-2(3)4/h5H2,1-4H3,(H,9,10);1H3,(H2,3,4). The molecule has 0 bridgehead atoms. The fourth-order valence-corrected chi connectivity index (χ4v) is 0.574. The van der Waals surface area contributed by atoms with Crippen LogP contribution < -0.4 is 11.1 Å². The third-order valence-corrected chi connectivity index (χ3v) is 0.902. The third-order valence-electron chi connectivity index (χ3n) is 0.902. The van der Waals surface area contributed by atoms with Gasteiger partial charge in [0.15, 0.2) is 0 Å². The lowest BCUT2D eigenvalue weighted by atomic mass is 10.2. The predicted molar refractivity (Wildman–Crippen MR) is 59.4 cm³/mol. The molecule has 0 saturated heterocycles. The van der Waals surface area contributed by atoms with Crippen LogP contribution in [0.2, 0.25) is 0 Å². The van der Waals surface area contributed by atoms with Crippen molar-refractivity contribution >= 4 is 17.8 Å². The van der Waals surface area contributed by atoms with Gasteiger partial charge in [-0.05, 0) is 20.8 Å². The summed E-state index contributed by atoms with van der Waals surface area (Å²) < 4.78 is 4.93. The zero-order valence-corrected chi connectivity index (χ0v) is 10.4. The van der Waals surface area contributed by atoms with E-state index in [-0.39, 0.29) is 18.4 Å². The van der Waals surface area contributed by atoms with Crippen LogP contribution >= 0.6 is 0 Å². The monoisotopic (exact) mass is 232 g/mol. The van der Waals surface area contributed by atoms with Crippen molar-refractivity contribution in [3.8, 4) is 0 Å². The average Bonchev–Trinajstić information content (AvgIpc) is 1.96. The van der Waals surface area contributed by atoms with Crippen LogP contribution in [0.4, 0.5) is 0 Å². The van der Waals surface area contributed by atoms with Crippen LogP contribution in [-0.4, -0.2) is 29.9 Å². The smallest absolute Gasteiger partial charge is 0.325 e. The van der Waals surface area contributed by atoms with Gasteiger partial charge in [-0.15, -0.1) is 0 Å². The molecule has 3 N–H and O–H groups in total. The normalized spacial score (nSPS) is 9.56. The van der Waals surface area contributed by atoms with Crippen LogP contribution in [-0.2, 0) is 19.1 Å². The number of primary amides is 1. The second kappa shape index (κ2) is 7.67. The third kappa shape index (κ3) is 22.8. The Morgan fingerprint density at radius 1 is 1.19 bits per heavy atom. The summed E-state index contributed by atoms with van der Waals surface area (Å²) in [7, 11) is 0. The molecule has 0 aromatic heterocycles. The fraction of sp³-hybridized carbons (Fsp3) is 0.700. The van der Waals surface area contributed by atoms with E-state index in [1.807, 2.05) is 0 Å². The quantitative estimate of drug-likeness (QED) is 0.652. The van der Waals surface area contributed by atoms with Gasteiger partial charge in [-0.1, -0.05) is 0 Å². The summed E-state index contributed by atoms with van der Waals surface area (Å²) in [5, 5.41) is 2.35. The van der Waals surface area contributed by atoms with E-state index in [0.29, 0.717) is 0 Å². The largest absolute Gasteiger partial charge is 0.459 e. The minimum Gasteiger partial charge on any atom is -0.459 e. The molecule has 0 spiro atoms. The molecule has 0 atom stereocenters. The molecule has 0 fully saturated rings. The molecule has 0 heterocycles. The maximum absolute atomic E-state index is 10.9. The molecule has 0 radical (unpaired) electrons. The molecule has 0 aromatic rings. The van der Waals surface area contributed by atoms with Gasteiger partial charge in [0.25, 0.3) is 0 Å². The number of ether oxygens (including phenoxy) is 1. The fourth-order valence-electron chi connectivity index (χ4n) is 0.574. The van der Waals surface area contributed by atoms with Crippen molar-refractivity contribution in [1.29, 1.82) is 0 Å². The molecule has 2 amide bonds. The number of rotatable bonds is 2. The summed E-state index contributed by atoms with van der Waals surface area (Å²) in [6, 6.07) is 0. The highest BCUT2D eigenvalue weighted by Gasteiger charge is 2.15. The Labute approximate surface area is 95.5 Å². The van der Waals surface area contributed by atoms with Crippen molar-refractivity contribution in [2.24, 2.45) is 5.73 Å².